The van der Waals surface area contributed by atoms with Crippen molar-refractivity contribution in [2.24, 2.45) is 0 Å². The number of morpholine rings is 1. The lowest BCUT2D eigenvalue weighted by atomic mass is 10.1. The predicted molar refractivity (Wildman–Crippen MR) is 146 cm³/mol. The number of carbonyl (C=O) groups excluding carboxylic acids is 1. The van der Waals surface area contributed by atoms with Gasteiger partial charge in [0.05, 0.1) is 32.4 Å². The summed E-state index contributed by atoms with van der Waals surface area (Å²) >= 11 is 6.22. The van der Waals surface area contributed by atoms with E-state index in [1.165, 1.54) is 22.1 Å². The number of amides is 1. The first kappa shape index (κ1) is 26.5. The third-order valence-corrected chi connectivity index (χ3v) is 7.44. The fourth-order valence-corrected chi connectivity index (χ4v) is 5.64. The van der Waals surface area contributed by atoms with E-state index in [4.69, 9.17) is 21.1 Å². The second kappa shape index (κ2) is 11.3. The van der Waals surface area contributed by atoms with Crippen molar-refractivity contribution in [2.75, 3.05) is 26.9 Å². The first-order valence-corrected chi connectivity index (χ1v) is 13.5. The number of aromatic nitrogens is 3. The zero-order chi connectivity index (χ0) is 26.8. The van der Waals surface area contributed by atoms with Crippen molar-refractivity contribution in [3.8, 4) is 17.1 Å². The molecule has 3 heterocycles. The van der Waals surface area contributed by atoms with Gasteiger partial charge in [-0.3, -0.25) is 9.69 Å². The lowest BCUT2D eigenvalue weighted by Crippen LogP contribution is -2.46. The Labute approximate surface area is 227 Å². The van der Waals surface area contributed by atoms with Crippen LogP contribution in [-0.4, -0.2) is 70.1 Å². The number of methoxy groups -OCH3 is 1. The minimum Gasteiger partial charge on any atom is -0.494 e. The average molecular weight is 540 g/mol. The summed E-state index contributed by atoms with van der Waals surface area (Å²) in [6.45, 7) is 6.36. The molecule has 2 saturated heterocycles. The van der Waals surface area contributed by atoms with E-state index in [-0.39, 0.29) is 18.4 Å². The fraction of sp³-hybridized carbons (Fsp3) is 0.464. The monoisotopic (exact) mass is 539 g/mol. The highest BCUT2D eigenvalue weighted by molar-refractivity contribution is 6.30. The van der Waals surface area contributed by atoms with Gasteiger partial charge in [0.1, 0.15) is 17.3 Å². The molecule has 0 radical (unpaired) electrons. The Morgan fingerprint density at radius 3 is 2.63 bits per heavy atom. The second-order valence-corrected chi connectivity index (χ2v) is 10.7. The van der Waals surface area contributed by atoms with Crippen molar-refractivity contribution >= 4 is 17.5 Å². The number of carbonyl (C=O) groups is 1. The molecule has 2 aromatic carbocycles. The summed E-state index contributed by atoms with van der Waals surface area (Å²) < 4.78 is 14.1. The minimum atomic E-state index is -0.407. The number of benzene rings is 2. The van der Waals surface area contributed by atoms with Crippen LogP contribution in [0.4, 0.5) is 0 Å². The van der Waals surface area contributed by atoms with Crippen molar-refractivity contribution in [2.45, 2.75) is 57.7 Å². The summed E-state index contributed by atoms with van der Waals surface area (Å²) in [6, 6.07) is 13.8. The molecule has 2 aliphatic rings. The van der Waals surface area contributed by atoms with Crippen LogP contribution in [0.1, 0.15) is 38.1 Å². The Morgan fingerprint density at radius 2 is 1.95 bits per heavy atom. The van der Waals surface area contributed by atoms with E-state index < -0.39 is 5.69 Å². The number of fused-ring (bicyclic) bond motifs is 2. The summed E-state index contributed by atoms with van der Waals surface area (Å²) in [6.07, 6.45) is 3.20. The standard InChI is InChI=1S/C28H34ClN5O4/c1-18(2)30-27(35)15-26-31-34(28(36)33(26)21-6-4-5-20(29)14-21)24-10-7-19(13-25(24)37-3)11-12-32-22-8-9-23(32)17-38-16-22/h4-7,10,13-14,18,22-23H,8-9,11-12,15-17H2,1-3H3,(H,30,35). The number of hydrogen-bond acceptors (Lipinski definition) is 6. The number of ether oxygens (including phenoxy) is 2. The first-order chi connectivity index (χ1) is 18.3. The zero-order valence-electron chi connectivity index (χ0n) is 22.0. The maximum Gasteiger partial charge on any atom is 0.355 e. The maximum absolute atomic E-state index is 13.7. The Morgan fingerprint density at radius 1 is 1.18 bits per heavy atom. The van der Waals surface area contributed by atoms with E-state index in [9.17, 15) is 9.59 Å². The molecule has 1 amide bonds. The van der Waals surface area contributed by atoms with Crippen molar-refractivity contribution in [1.82, 2.24) is 24.6 Å². The van der Waals surface area contributed by atoms with E-state index in [0.29, 0.717) is 40.1 Å². The normalized spacial score (nSPS) is 19.2. The molecule has 1 aromatic heterocycles. The third kappa shape index (κ3) is 5.50. The van der Waals surface area contributed by atoms with E-state index in [2.05, 4.69) is 15.3 Å². The Balaban J connectivity index is 1.46. The predicted octanol–water partition coefficient (Wildman–Crippen LogP) is 3.16. The molecule has 9 nitrogen and oxygen atoms in total. The fourth-order valence-electron chi connectivity index (χ4n) is 5.46. The van der Waals surface area contributed by atoms with E-state index >= 15 is 0 Å². The topological polar surface area (TPSA) is 90.6 Å². The zero-order valence-corrected chi connectivity index (χ0v) is 22.8. The van der Waals surface area contributed by atoms with Crippen LogP contribution in [0.3, 0.4) is 0 Å². The van der Waals surface area contributed by atoms with Crippen LogP contribution < -0.4 is 15.7 Å². The highest BCUT2D eigenvalue weighted by atomic mass is 35.5. The number of nitrogens with zero attached hydrogens (tertiary/aromatic N) is 4. The molecule has 2 bridgehead atoms. The molecule has 202 valence electrons. The van der Waals surface area contributed by atoms with Crippen LogP contribution in [0, 0.1) is 0 Å². The maximum atomic E-state index is 13.7. The molecule has 1 N–H and O–H groups in total. The molecule has 0 aliphatic carbocycles. The van der Waals surface area contributed by atoms with E-state index in [1.807, 2.05) is 32.0 Å². The van der Waals surface area contributed by atoms with Gasteiger partial charge in [0.2, 0.25) is 5.91 Å². The molecule has 2 atom stereocenters. The lowest BCUT2D eigenvalue weighted by Gasteiger charge is -2.34. The van der Waals surface area contributed by atoms with Crippen molar-refractivity contribution in [3.05, 3.63) is 69.4 Å². The van der Waals surface area contributed by atoms with Gasteiger partial charge in [-0.2, -0.15) is 4.68 Å². The van der Waals surface area contributed by atoms with E-state index in [1.54, 1.807) is 31.4 Å². The number of nitrogens with one attached hydrogen (secondary N) is 1. The second-order valence-electron chi connectivity index (χ2n) is 10.2. The summed E-state index contributed by atoms with van der Waals surface area (Å²) in [5.74, 6) is 0.632. The van der Waals surface area contributed by atoms with Gasteiger partial charge in [-0.25, -0.2) is 9.36 Å². The van der Waals surface area contributed by atoms with Crippen LogP contribution in [0.5, 0.6) is 5.75 Å². The molecule has 2 unspecified atom stereocenters. The highest BCUT2D eigenvalue weighted by Crippen LogP contribution is 2.30. The van der Waals surface area contributed by atoms with Gasteiger partial charge < -0.3 is 14.8 Å². The Kier molecular flexibility index (Phi) is 7.88. The molecule has 0 saturated carbocycles. The number of rotatable bonds is 9. The van der Waals surface area contributed by atoms with Gasteiger partial charge in [0.25, 0.3) is 0 Å². The van der Waals surface area contributed by atoms with Crippen molar-refractivity contribution in [3.63, 3.8) is 0 Å². The molecular formula is C28H34ClN5O4. The molecular weight excluding hydrogens is 506 g/mol. The summed E-state index contributed by atoms with van der Waals surface area (Å²) in [4.78, 5) is 28.9. The third-order valence-electron chi connectivity index (χ3n) is 7.20. The Hall–Kier alpha value is -3.14. The van der Waals surface area contributed by atoms with Crippen LogP contribution in [0.2, 0.25) is 5.02 Å². The van der Waals surface area contributed by atoms with Crippen molar-refractivity contribution in [1.29, 1.82) is 0 Å². The van der Waals surface area contributed by atoms with Gasteiger partial charge in [-0.15, -0.1) is 5.10 Å². The van der Waals surface area contributed by atoms with Crippen LogP contribution in [-0.2, 0) is 22.4 Å². The number of halogens is 1. The van der Waals surface area contributed by atoms with Crippen molar-refractivity contribution < 1.29 is 14.3 Å². The smallest absolute Gasteiger partial charge is 0.355 e. The summed E-state index contributed by atoms with van der Waals surface area (Å²) in [7, 11) is 1.58. The molecule has 2 fully saturated rings. The molecule has 5 rings (SSSR count). The van der Waals surface area contributed by atoms with Crippen LogP contribution in [0.25, 0.3) is 11.4 Å². The van der Waals surface area contributed by atoms with Gasteiger partial charge in [-0.05, 0) is 69.0 Å². The molecule has 2 aliphatic heterocycles. The first-order valence-electron chi connectivity index (χ1n) is 13.1. The molecule has 0 spiro atoms. The minimum absolute atomic E-state index is 0.0313. The molecule has 38 heavy (non-hydrogen) atoms. The van der Waals surface area contributed by atoms with Crippen LogP contribution >= 0.6 is 11.6 Å². The quantitative estimate of drug-likeness (QED) is 0.449. The average Bonchev–Trinajstić information content (AvgIpc) is 3.31. The number of hydrogen-bond donors (Lipinski definition) is 1. The van der Waals surface area contributed by atoms with Gasteiger partial charge in [-0.1, -0.05) is 23.7 Å². The van der Waals surface area contributed by atoms with Gasteiger partial charge in [0.15, 0.2) is 0 Å². The summed E-state index contributed by atoms with van der Waals surface area (Å²) in [5.41, 5.74) is 1.77. The van der Waals surface area contributed by atoms with Gasteiger partial charge in [0, 0.05) is 29.7 Å². The summed E-state index contributed by atoms with van der Waals surface area (Å²) in [5, 5.41) is 7.93. The van der Waals surface area contributed by atoms with E-state index in [0.717, 1.165) is 31.7 Å². The largest absolute Gasteiger partial charge is 0.494 e. The SMILES string of the molecule is COc1cc(CCN2C3CCC2COC3)ccc1-n1nc(CC(=O)NC(C)C)n(-c2cccc(Cl)c2)c1=O. The lowest BCUT2D eigenvalue weighted by molar-refractivity contribution is -0.121. The van der Waals surface area contributed by atoms with Crippen LogP contribution in [0.15, 0.2) is 47.3 Å². The molecule has 10 heteroatoms. The van der Waals surface area contributed by atoms with Gasteiger partial charge >= 0.3 is 5.69 Å². The Bertz CT molecular complexity index is 1350. The highest BCUT2D eigenvalue weighted by Gasteiger charge is 2.36. The molecule has 3 aromatic rings.